The summed E-state index contributed by atoms with van der Waals surface area (Å²) in [5.41, 5.74) is 10.1. The van der Waals surface area contributed by atoms with Crippen LogP contribution in [0.2, 0.25) is 0 Å². The molecule has 7 nitrogen and oxygen atoms in total. The lowest BCUT2D eigenvalue weighted by Crippen LogP contribution is -2.39. The number of hydrazine groups is 1. The summed E-state index contributed by atoms with van der Waals surface area (Å²) in [7, 11) is 1.60. The van der Waals surface area contributed by atoms with E-state index in [0.717, 1.165) is 11.4 Å². The van der Waals surface area contributed by atoms with E-state index < -0.39 is 0 Å². The molecule has 13 heavy (non-hydrogen) atoms. The van der Waals surface area contributed by atoms with Crippen LogP contribution >= 0.6 is 0 Å². The smallest absolute Gasteiger partial charge is 0.235 e. The maximum atomic E-state index is 7.27. The fourth-order valence-electron chi connectivity index (χ4n) is 0.672. The van der Waals surface area contributed by atoms with Gasteiger partial charge >= 0.3 is 0 Å². The van der Waals surface area contributed by atoms with Crippen molar-refractivity contribution in [1.82, 2.24) is 5.01 Å². The van der Waals surface area contributed by atoms with Crippen LogP contribution in [0.25, 0.3) is 0 Å². The summed E-state index contributed by atoms with van der Waals surface area (Å²) < 4.78 is 4.82. The van der Waals surface area contributed by atoms with E-state index in [1.807, 2.05) is 0 Å². The molecule has 7 N–H and O–H groups in total. The SMILES string of the molecule is COCCCN(N)C(=N)N=C(N)N. The van der Waals surface area contributed by atoms with Gasteiger partial charge in [0.25, 0.3) is 0 Å². The van der Waals surface area contributed by atoms with Gasteiger partial charge in [-0.3, -0.25) is 10.4 Å². The predicted molar refractivity (Wildman–Crippen MR) is 50.9 cm³/mol. The zero-order valence-electron chi connectivity index (χ0n) is 7.66. The van der Waals surface area contributed by atoms with Crippen molar-refractivity contribution in [3.63, 3.8) is 0 Å². The summed E-state index contributed by atoms with van der Waals surface area (Å²) >= 11 is 0. The van der Waals surface area contributed by atoms with Crippen LogP contribution in [0.1, 0.15) is 6.42 Å². The van der Waals surface area contributed by atoms with Crippen molar-refractivity contribution in [2.45, 2.75) is 6.42 Å². The summed E-state index contributed by atoms with van der Waals surface area (Å²) in [6.45, 7) is 1.06. The molecule has 0 aliphatic heterocycles. The molecule has 0 spiro atoms. The maximum absolute atomic E-state index is 7.27. The lowest BCUT2D eigenvalue weighted by atomic mass is 10.4. The van der Waals surface area contributed by atoms with Crippen molar-refractivity contribution < 1.29 is 4.74 Å². The van der Waals surface area contributed by atoms with Crippen molar-refractivity contribution in [1.29, 1.82) is 5.41 Å². The molecule has 76 valence electrons. The summed E-state index contributed by atoms with van der Waals surface area (Å²) in [5.74, 6) is 5.11. The summed E-state index contributed by atoms with van der Waals surface area (Å²) in [6.07, 6.45) is 0.718. The molecule has 0 saturated heterocycles. The largest absolute Gasteiger partial charge is 0.385 e. The molecule has 0 radical (unpaired) electrons. The van der Waals surface area contributed by atoms with Crippen LogP contribution in [0.5, 0.6) is 0 Å². The highest BCUT2D eigenvalue weighted by Crippen LogP contribution is 1.87. The number of hydrogen-bond acceptors (Lipinski definition) is 3. The molecule has 0 aliphatic rings. The number of guanidine groups is 2. The number of nitrogens with one attached hydrogen (secondary N) is 1. The zero-order chi connectivity index (χ0) is 10.3. The number of hydrogen-bond donors (Lipinski definition) is 4. The third kappa shape index (κ3) is 5.88. The molecule has 0 heterocycles. The quantitative estimate of drug-likeness (QED) is 0.139. The highest BCUT2D eigenvalue weighted by atomic mass is 16.5. The van der Waals surface area contributed by atoms with Gasteiger partial charge in [-0.2, -0.15) is 4.99 Å². The molecule has 0 aromatic heterocycles. The van der Waals surface area contributed by atoms with Crippen LogP contribution in [-0.4, -0.2) is 37.2 Å². The van der Waals surface area contributed by atoms with Gasteiger partial charge in [0.2, 0.25) is 5.96 Å². The fourth-order valence-corrected chi connectivity index (χ4v) is 0.672. The first-order chi connectivity index (χ1) is 6.07. The Balaban J connectivity index is 3.76. The van der Waals surface area contributed by atoms with E-state index >= 15 is 0 Å². The lowest BCUT2D eigenvalue weighted by Gasteiger charge is -2.15. The van der Waals surface area contributed by atoms with Crippen LogP contribution in [0.4, 0.5) is 0 Å². The van der Waals surface area contributed by atoms with E-state index in [1.54, 1.807) is 7.11 Å². The van der Waals surface area contributed by atoms with E-state index in [9.17, 15) is 0 Å². The van der Waals surface area contributed by atoms with Gasteiger partial charge in [0.1, 0.15) is 0 Å². The molecule has 0 aromatic carbocycles. The van der Waals surface area contributed by atoms with E-state index in [2.05, 4.69) is 4.99 Å². The van der Waals surface area contributed by atoms with E-state index in [4.69, 9.17) is 27.5 Å². The molecule has 0 fully saturated rings. The van der Waals surface area contributed by atoms with Crippen LogP contribution in [0, 0.1) is 5.41 Å². The van der Waals surface area contributed by atoms with Crippen LogP contribution in [0.3, 0.4) is 0 Å². The Morgan fingerprint density at radius 2 is 2.15 bits per heavy atom. The molecule has 0 unspecified atom stereocenters. The minimum absolute atomic E-state index is 0.156. The topological polar surface area (TPSA) is 127 Å². The van der Waals surface area contributed by atoms with Crippen LogP contribution < -0.4 is 17.3 Å². The molecule has 0 rings (SSSR count). The average molecular weight is 188 g/mol. The Kier molecular flexibility index (Phi) is 5.57. The van der Waals surface area contributed by atoms with Crippen molar-refractivity contribution in [2.24, 2.45) is 22.3 Å². The fraction of sp³-hybridized carbons (Fsp3) is 0.667. The second-order valence-electron chi connectivity index (χ2n) is 2.40. The van der Waals surface area contributed by atoms with Gasteiger partial charge in [0, 0.05) is 20.3 Å². The number of nitrogens with two attached hydrogens (primary N) is 3. The van der Waals surface area contributed by atoms with Gasteiger partial charge in [0.05, 0.1) is 0 Å². The van der Waals surface area contributed by atoms with Gasteiger partial charge in [0.15, 0.2) is 5.96 Å². The normalized spacial score (nSPS) is 9.38. The third-order valence-corrected chi connectivity index (χ3v) is 1.25. The lowest BCUT2D eigenvalue weighted by molar-refractivity contribution is 0.186. The van der Waals surface area contributed by atoms with Gasteiger partial charge in [-0.15, -0.1) is 0 Å². The summed E-state index contributed by atoms with van der Waals surface area (Å²) in [6, 6.07) is 0. The Hall–Kier alpha value is -1.34. The molecule has 0 aromatic rings. The Morgan fingerprint density at radius 1 is 1.54 bits per heavy atom. The molecule has 7 heteroatoms. The summed E-state index contributed by atoms with van der Waals surface area (Å²) in [4.78, 5) is 3.47. The molecule has 0 amide bonds. The van der Waals surface area contributed by atoms with Crippen LogP contribution in [-0.2, 0) is 4.74 Å². The van der Waals surface area contributed by atoms with Crippen molar-refractivity contribution in [3.8, 4) is 0 Å². The number of rotatable bonds is 4. The molecule has 0 atom stereocenters. The van der Waals surface area contributed by atoms with Gasteiger partial charge < -0.3 is 16.2 Å². The molecular formula is C6H16N6O. The molecule has 0 bridgehead atoms. The minimum atomic E-state index is -0.174. The van der Waals surface area contributed by atoms with E-state index in [-0.39, 0.29) is 11.9 Å². The molecule has 0 saturated carbocycles. The van der Waals surface area contributed by atoms with Crippen molar-refractivity contribution in [2.75, 3.05) is 20.3 Å². The van der Waals surface area contributed by atoms with Crippen molar-refractivity contribution >= 4 is 11.9 Å². The highest BCUT2D eigenvalue weighted by molar-refractivity contribution is 5.91. The Bertz CT molecular complexity index is 188. The predicted octanol–water partition coefficient (Wildman–Crippen LogP) is -1.59. The van der Waals surface area contributed by atoms with Gasteiger partial charge in [-0.25, -0.2) is 5.84 Å². The van der Waals surface area contributed by atoms with E-state index in [0.29, 0.717) is 13.2 Å². The second-order valence-corrected chi connectivity index (χ2v) is 2.40. The number of methoxy groups -OCH3 is 1. The zero-order valence-corrected chi connectivity index (χ0v) is 7.66. The molecular weight excluding hydrogens is 172 g/mol. The number of aliphatic imine (C=N–C) groups is 1. The first-order valence-corrected chi connectivity index (χ1v) is 3.77. The summed E-state index contributed by atoms with van der Waals surface area (Å²) in [5, 5.41) is 8.42. The average Bonchev–Trinajstić information content (AvgIpc) is 2.03. The highest BCUT2D eigenvalue weighted by Gasteiger charge is 2.02. The first-order valence-electron chi connectivity index (χ1n) is 3.77. The van der Waals surface area contributed by atoms with Crippen molar-refractivity contribution in [3.05, 3.63) is 0 Å². The standard InChI is InChI=1S/C6H16N6O/c1-13-4-2-3-12(10)6(9)11-5(7)8/h2-4,10H2,1H3,(H5,7,8,9,11). The first kappa shape index (κ1) is 11.7. The number of ether oxygens (including phenoxy) is 1. The number of nitrogens with zero attached hydrogens (tertiary/aromatic N) is 2. The Labute approximate surface area is 77.0 Å². The van der Waals surface area contributed by atoms with E-state index in [1.165, 1.54) is 0 Å². The monoisotopic (exact) mass is 188 g/mol. The maximum Gasteiger partial charge on any atom is 0.235 e. The van der Waals surface area contributed by atoms with Crippen LogP contribution in [0.15, 0.2) is 4.99 Å². The van der Waals surface area contributed by atoms with Gasteiger partial charge in [-0.05, 0) is 6.42 Å². The molecule has 0 aliphatic carbocycles. The Morgan fingerprint density at radius 3 is 2.62 bits per heavy atom. The second kappa shape index (κ2) is 6.21. The third-order valence-electron chi connectivity index (χ3n) is 1.25. The minimum Gasteiger partial charge on any atom is -0.385 e. The van der Waals surface area contributed by atoms with Gasteiger partial charge in [-0.1, -0.05) is 0 Å².